The van der Waals surface area contributed by atoms with Crippen molar-refractivity contribution in [2.45, 2.75) is 18.6 Å². The zero-order valence-corrected chi connectivity index (χ0v) is 16.4. The molecule has 0 aromatic heterocycles. The van der Waals surface area contributed by atoms with E-state index in [0.29, 0.717) is 11.3 Å². The number of amides is 2. The van der Waals surface area contributed by atoms with Crippen molar-refractivity contribution in [1.29, 1.82) is 0 Å². The van der Waals surface area contributed by atoms with E-state index in [-0.39, 0.29) is 23.2 Å². The molecule has 1 fully saturated rings. The van der Waals surface area contributed by atoms with E-state index >= 15 is 0 Å². The van der Waals surface area contributed by atoms with Crippen LogP contribution in [0, 0.1) is 11.6 Å². The fraction of sp³-hybridized carbons (Fsp3) is 0.263. The number of methoxy groups -OCH3 is 1. The second-order valence-corrected chi connectivity index (χ2v) is 7.10. The van der Waals surface area contributed by atoms with Gasteiger partial charge in [0.05, 0.1) is 7.11 Å². The molecule has 2 N–H and O–H groups in total. The van der Waals surface area contributed by atoms with E-state index in [0.717, 1.165) is 12.1 Å². The first-order chi connectivity index (χ1) is 13.4. The summed E-state index contributed by atoms with van der Waals surface area (Å²) in [5.41, 5.74) is 0.454. The third-order valence-electron chi connectivity index (χ3n) is 4.40. The van der Waals surface area contributed by atoms with Gasteiger partial charge in [0.25, 0.3) is 0 Å². The van der Waals surface area contributed by atoms with Crippen LogP contribution in [0.3, 0.4) is 0 Å². The van der Waals surface area contributed by atoms with Gasteiger partial charge in [-0.3, -0.25) is 4.79 Å². The lowest BCUT2D eigenvalue weighted by molar-refractivity contribution is -0.120. The second kappa shape index (κ2) is 8.55. The van der Waals surface area contributed by atoms with Gasteiger partial charge in [-0.2, -0.15) is 0 Å². The maximum Gasteiger partial charge on any atom is 0.408 e. The van der Waals surface area contributed by atoms with Crippen LogP contribution in [0.5, 0.6) is 5.75 Å². The van der Waals surface area contributed by atoms with E-state index in [1.54, 1.807) is 31.4 Å². The van der Waals surface area contributed by atoms with Gasteiger partial charge in [-0.25, -0.2) is 13.6 Å². The van der Waals surface area contributed by atoms with Gasteiger partial charge in [-0.15, -0.1) is 0 Å². The summed E-state index contributed by atoms with van der Waals surface area (Å²) in [5, 5.41) is 4.91. The molecular formula is C19H17BrF2N2O4. The molecule has 9 heteroatoms. The lowest BCUT2D eigenvalue weighted by Crippen LogP contribution is -2.43. The van der Waals surface area contributed by atoms with Gasteiger partial charge in [0.2, 0.25) is 5.91 Å². The van der Waals surface area contributed by atoms with Gasteiger partial charge in [-0.05, 0) is 29.8 Å². The number of rotatable bonds is 5. The van der Waals surface area contributed by atoms with Gasteiger partial charge in [-0.1, -0.05) is 28.1 Å². The molecule has 0 radical (unpaired) electrons. The standard InChI is InChI=1S/C19H17BrF2N2O4/c1-27-12-4-2-10(3-5-12)9-28-19(26)24-17-13(8-23-18(17)25)16-14(21)6-11(20)7-15(16)22/h2-7,13,17H,8-9H2,1H3,(H,23,25)(H,24,26)/t13-,17-/m0/s1. The second-order valence-electron chi connectivity index (χ2n) is 6.18. The van der Waals surface area contributed by atoms with Crippen molar-refractivity contribution >= 4 is 27.9 Å². The van der Waals surface area contributed by atoms with E-state index < -0.39 is 35.6 Å². The van der Waals surface area contributed by atoms with Gasteiger partial charge in [0.1, 0.15) is 30.0 Å². The normalized spacial score (nSPS) is 18.5. The summed E-state index contributed by atoms with van der Waals surface area (Å²) < 4.78 is 38.9. The molecular weight excluding hydrogens is 438 g/mol. The fourth-order valence-corrected chi connectivity index (χ4v) is 3.40. The molecule has 1 saturated heterocycles. The van der Waals surface area contributed by atoms with Gasteiger partial charge >= 0.3 is 6.09 Å². The van der Waals surface area contributed by atoms with Crippen LogP contribution in [-0.4, -0.2) is 31.7 Å². The third-order valence-corrected chi connectivity index (χ3v) is 4.86. The average molecular weight is 455 g/mol. The highest BCUT2D eigenvalue weighted by Crippen LogP contribution is 2.30. The van der Waals surface area contributed by atoms with E-state index in [2.05, 4.69) is 26.6 Å². The molecule has 0 aliphatic carbocycles. The molecule has 148 valence electrons. The molecule has 2 aromatic rings. The molecule has 0 bridgehead atoms. The fourth-order valence-electron chi connectivity index (χ4n) is 3.00. The van der Waals surface area contributed by atoms with Crippen LogP contribution in [0.4, 0.5) is 13.6 Å². The van der Waals surface area contributed by atoms with E-state index in [4.69, 9.17) is 9.47 Å². The molecule has 1 heterocycles. The highest BCUT2D eigenvalue weighted by molar-refractivity contribution is 9.10. The van der Waals surface area contributed by atoms with Crippen LogP contribution >= 0.6 is 15.9 Å². The minimum Gasteiger partial charge on any atom is -0.497 e. The molecule has 1 aliphatic rings. The zero-order valence-electron chi connectivity index (χ0n) is 14.8. The van der Waals surface area contributed by atoms with Crippen molar-refractivity contribution in [2.24, 2.45) is 0 Å². The maximum absolute atomic E-state index is 14.3. The van der Waals surface area contributed by atoms with Crippen LogP contribution in [0.1, 0.15) is 17.0 Å². The Morgan fingerprint density at radius 2 is 1.89 bits per heavy atom. The van der Waals surface area contributed by atoms with Crippen molar-refractivity contribution in [3.05, 3.63) is 63.6 Å². The molecule has 1 aliphatic heterocycles. The highest BCUT2D eigenvalue weighted by Gasteiger charge is 2.40. The summed E-state index contributed by atoms with van der Waals surface area (Å²) in [6.07, 6.45) is -0.860. The van der Waals surface area contributed by atoms with E-state index in [9.17, 15) is 18.4 Å². The third kappa shape index (κ3) is 4.41. The number of ether oxygens (including phenoxy) is 2. The van der Waals surface area contributed by atoms with Crippen LogP contribution < -0.4 is 15.4 Å². The SMILES string of the molecule is COc1ccc(COC(=O)N[C@@H]2C(=O)NC[C@H]2c2c(F)cc(Br)cc2F)cc1. The van der Waals surface area contributed by atoms with Gasteiger partial charge in [0.15, 0.2) is 0 Å². The lowest BCUT2D eigenvalue weighted by Gasteiger charge is -2.19. The predicted molar refractivity (Wildman–Crippen MR) is 99.9 cm³/mol. The summed E-state index contributed by atoms with van der Waals surface area (Å²) >= 11 is 3.01. The Kier molecular flexibility index (Phi) is 6.13. The number of hydrogen-bond acceptors (Lipinski definition) is 4. The van der Waals surface area contributed by atoms with Crippen molar-refractivity contribution in [2.75, 3.05) is 13.7 Å². The Balaban J connectivity index is 1.67. The number of halogens is 3. The molecule has 0 spiro atoms. The minimum atomic E-state index is -1.14. The first kappa shape index (κ1) is 20.1. The van der Waals surface area contributed by atoms with Crippen LogP contribution in [-0.2, 0) is 16.1 Å². The van der Waals surface area contributed by atoms with E-state index in [1.165, 1.54) is 0 Å². The average Bonchev–Trinajstić information content (AvgIpc) is 3.00. The summed E-state index contributed by atoms with van der Waals surface area (Å²) in [7, 11) is 1.54. The van der Waals surface area contributed by atoms with Crippen LogP contribution in [0.2, 0.25) is 0 Å². The minimum absolute atomic E-state index is 0.00225. The molecule has 2 aromatic carbocycles. The van der Waals surface area contributed by atoms with Gasteiger partial charge < -0.3 is 20.1 Å². The molecule has 0 unspecified atom stereocenters. The van der Waals surface area contributed by atoms with Crippen molar-refractivity contribution in [1.82, 2.24) is 10.6 Å². The van der Waals surface area contributed by atoms with E-state index in [1.807, 2.05) is 0 Å². The summed E-state index contributed by atoms with van der Waals surface area (Å²) in [4.78, 5) is 24.2. The number of hydrogen-bond donors (Lipinski definition) is 2. The number of alkyl carbamates (subject to hydrolysis) is 1. The Bertz CT molecular complexity index is 869. The number of carbonyl (C=O) groups is 2. The van der Waals surface area contributed by atoms with Crippen molar-refractivity contribution in [3.63, 3.8) is 0 Å². The zero-order chi connectivity index (χ0) is 20.3. The molecule has 2 amide bonds. The lowest BCUT2D eigenvalue weighted by atomic mass is 9.93. The molecule has 2 atom stereocenters. The summed E-state index contributed by atoms with van der Waals surface area (Å²) in [5.74, 6) is -2.36. The van der Waals surface area contributed by atoms with Gasteiger partial charge in [0, 0.05) is 22.5 Å². The number of nitrogens with one attached hydrogen (secondary N) is 2. The first-order valence-electron chi connectivity index (χ1n) is 8.37. The topological polar surface area (TPSA) is 76.7 Å². The molecule has 6 nitrogen and oxygen atoms in total. The van der Waals surface area contributed by atoms with Crippen molar-refractivity contribution in [3.8, 4) is 5.75 Å². The number of carbonyl (C=O) groups excluding carboxylic acids is 2. The molecule has 28 heavy (non-hydrogen) atoms. The van der Waals surface area contributed by atoms with Crippen molar-refractivity contribution < 1.29 is 27.8 Å². The first-order valence-corrected chi connectivity index (χ1v) is 9.16. The Morgan fingerprint density at radius 3 is 2.50 bits per heavy atom. The Morgan fingerprint density at radius 1 is 1.25 bits per heavy atom. The quantitative estimate of drug-likeness (QED) is 0.726. The highest BCUT2D eigenvalue weighted by atomic mass is 79.9. The Hall–Kier alpha value is -2.68. The van der Waals surface area contributed by atoms with Crippen LogP contribution in [0.15, 0.2) is 40.9 Å². The monoisotopic (exact) mass is 454 g/mol. The largest absolute Gasteiger partial charge is 0.497 e. The predicted octanol–water partition coefficient (Wildman–Crippen LogP) is 3.24. The molecule has 0 saturated carbocycles. The number of benzene rings is 2. The smallest absolute Gasteiger partial charge is 0.408 e. The maximum atomic E-state index is 14.3. The Labute approximate surface area is 168 Å². The summed E-state index contributed by atoms with van der Waals surface area (Å²) in [6, 6.07) is 7.97. The molecule has 3 rings (SSSR count). The van der Waals surface area contributed by atoms with Crippen LogP contribution in [0.25, 0.3) is 0 Å². The summed E-state index contributed by atoms with van der Waals surface area (Å²) in [6.45, 7) is -0.0342.